The minimum absolute atomic E-state index is 0.0568. The van der Waals surface area contributed by atoms with E-state index in [1.54, 1.807) is 16.3 Å². The van der Waals surface area contributed by atoms with Gasteiger partial charge in [-0.15, -0.1) is 0 Å². The van der Waals surface area contributed by atoms with Crippen molar-refractivity contribution >= 4 is 23.6 Å². The lowest BCUT2D eigenvalue weighted by Gasteiger charge is -2.31. The summed E-state index contributed by atoms with van der Waals surface area (Å²) in [6.45, 7) is 1.14. The molecule has 4 rings (SSSR count). The van der Waals surface area contributed by atoms with Gasteiger partial charge in [0, 0.05) is 30.8 Å². The van der Waals surface area contributed by atoms with Crippen molar-refractivity contribution in [2.75, 3.05) is 26.0 Å². The van der Waals surface area contributed by atoms with E-state index in [0.29, 0.717) is 32.4 Å². The summed E-state index contributed by atoms with van der Waals surface area (Å²) in [4.78, 5) is 43.9. The van der Waals surface area contributed by atoms with Crippen molar-refractivity contribution in [2.24, 2.45) is 5.92 Å². The fourth-order valence-corrected chi connectivity index (χ4v) is 5.48. The van der Waals surface area contributed by atoms with Crippen LogP contribution in [0.2, 0.25) is 0 Å². The van der Waals surface area contributed by atoms with Crippen LogP contribution < -0.4 is 5.56 Å². The van der Waals surface area contributed by atoms with Crippen molar-refractivity contribution in [3.63, 3.8) is 0 Å². The van der Waals surface area contributed by atoms with Crippen LogP contribution in [0.3, 0.4) is 0 Å². The first-order valence-corrected chi connectivity index (χ1v) is 10.7. The molecule has 1 fully saturated rings. The summed E-state index contributed by atoms with van der Waals surface area (Å²) in [5.41, 5.74) is 1.87. The molecule has 0 radical (unpaired) electrons. The number of likely N-dealkylation sites (tertiary alicyclic amines) is 1. The number of ether oxygens (including phenoxy) is 1. The molecule has 1 atom stereocenters. The summed E-state index contributed by atoms with van der Waals surface area (Å²) < 4.78 is 6.56. The molecule has 8 heteroatoms. The molecule has 0 bridgehead atoms. The van der Waals surface area contributed by atoms with Crippen LogP contribution in [0.5, 0.6) is 0 Å². The highest BCUT2D eigenvalue weighted by Crippen LogP contribution is 2.34. The van der Waals surface area contributed by atoms with Crippen molar-refractivity contribution in [3.8, 4) is 0 Å². The normalized spacial score (nSPS) is 22.3. The smallest absolute Gasteiger partial charge is 0.308 e. The van der Waals surface area contributed by atoms with E-state index in [4.69, 9.17) is 9.72 Å². The molecule has 3 aliphatic rings. The second kappa shape index (κ2) is 7.66. The van der Waals surface area contributed by atoms with Gasteiger partial charge in [-0.25, -0.2) is 4.98 Å². The molecule has 0 aromatic carbocycles. The first-order valence-electron chi connectivity index (χ1n) is 9.71. The minimum Gasteiger partial charge on any atom is -0.469 e. The van der Waals surface area contributed by atoms with E-state index < -0.39 is 0 Å². The highest BCUT2D eigenvalue weighted by molar-refractivity contribution is 7.99. The van der Waals surface area contributed by atoms with Crippen LogP contribution in [0.15, 0.2) is 9.95 Å². The van der Waals surface area contributed by atoms with Crippen molar-refractivity contribution in [3.05, 3.63) is 21.6 Å². The number of carbonyl (C=O) groups is 2. The predicted octanol–water partition coefficient (Wildman–Crippen LogP) is 1.57. The van der Waals surface area contributed by atoms with Gasteiger partial charge in [0.1, 0.15) is 0 Å². The van der Waals surface area contributed by atoms with Gasteiger partial charge in [-0.2, -0.15) is 0 Å². The first-order chi connectivity index (χ1) is 13.1. The van der Waals surface area contributed by atoms with Crippen LogP contribution in [-0.4, -0.2) is 52.3 Å². The number of piperidine rings is 1. The third-order valence-corrected chi connectivity index (χ3v) is 7.01. The van der Waals surface area contributed by atoms with E-state index in [9.17, 15) is 14.4 Å². The monoisotopic (exact) mass is 391 g/mol. The minimum atomic E-state index is -0.189. The van der Waals surface area contributed by atoms with Gasteiger partial charge in [-0.3, -0.25) is 19.0 Å². The lowest BCUT2D eigenvalue weighted by atomic mass is 9.96. The standard InChI is InChI=1S/C19H25N3O4S/c1-26-18(25)12-6-8-21(9-7-12)16(23)10-13-11-27-19-20-15-5-3-2-4-14(15)17(24)22(13)19/h12-13H,2-11H2,1H3/t13-/m0/s1. The van der Waals surface area contributed by atoms with Gasteiger partial charge in [0.2, 0.25) is 5.91 Å². The number of esters is 1. The molecule has 7 nitrogen and oxygen atoms in total. The van der Waals surface area contributed by atoms with E-state index in [-0.39, 0.29) is 29.4 Å². The Morgan fingerprint density at radius 2 is 1.96 bits per heavy atom. The molecule has 3 heterocycles. The molecular formula is C19H25N3O4S. The van der Waals surface area contributed by atoms with Crippen LogP contribution in [0.4, 0.5) is 0 Å². The number of hydrogen-bond donors (Lipinski definition) is 0. The first kappa shape index (κ1) is 18.5. The van der Waals surface area contributed by atoms with E-state index >= 15 is 0 Å². The number of carbonyl (C=O) groups excluding carboxylic acids is 2. The van der Waals surface area contributed by atoms with Crippen LogP contribution in [0, 0.1) is 5.92 Å². The highest BCUT2D eigenvalue weighted by atomic mass is 32.2. The second-order valence-corrected chi connectivity index (χ2v) is 8.54. The lowest BCUT2D eigenvalue weighted by molar-refractivity contribution is -0.149. The third-order valence-electron chi connectivity index (χ3n) is 5.91. The number of nitrogens with zero attached hydrogens (tertiary/aromatic N) is 3. The zero-order valence-corrected chi connectivity index (χ0v) is 16.4. The van der Waals surface area contributed by atoms with E-state index in [1.807, 2.05) is 4.90 Å². The Bertz CT molecular complexity index is 814. The molecular weight excluding hydrogens is 366 g/mol. The average Bonchev–Trinajstić information content (AvgIpc) is 3.10. The summed E-state index contributed by atoms with van der Waals surface area (Å²) >= 11 is 1.58. The Balaban J connectivity index is 1.44. The SMILES string of the molecule is COC(=O)C1CCN(C(=O)C[C@H]2CSc3nc4c(c(=O)n32)CCCC4)CC1. The number of fused-ring (bicyclic) bond motifs is 2. The summed E-state index contributed by atoms with van der Waals surface area (Å²) in [6.07, 6.45) is 5.42. The summed E-state index contributed by atoms with van der Waals surface area (Å²) in [7, 11) is 1.40. The number of thioether (sulfide) groups is 1. The number of hydrogen-bond acceptors (Lipinski definition) is 6. The van der Waals surface area contributed by atoms with Gasteiger partial charge in [0.15, 0.2) is 5.16 Å². The van der Waals surface area contributed by atoms with Gasteiger partial charge in [-0.1, -0.05) is 11.8 Å². The molecule has 0 saturated carbocycles. The molecule has 1 aromatic heterocycles. The van der Waals surface area contributed by atoms with Crippen molar-refractivity contribution in [2.45, 2.75) is 56.1 Å². The molecule has 27 heavy (non-hydrogen) atoms. The Hall–Kier alpha value is -1.83. The van der Waals surface area contributed by atoms with E-state index in [1.165, 1.54) is 7.11 Å². The maximum atomic E-state index is 13.0. The largest absolute Gasteiger partial charge is 0.469 e. The predicted molar refractivity (Wildman–Crippen MR) is 101 cm³/mol. The fraction of sp³-hybridized carbons (Fsp3) is 0.684. The molecule has 1 saturated heterocycles. The fourth-order valence-electron chi connectivity index (χ4n) is 4.33. The maximum absolute atomic E-state index is 13.0. The van der Waals surface area contributed by atoms with Gasteiger partial charge < -0.3 is 9.64 Å². The molecule has 0 unspecified atom stereocenters. The zero-order valence-electron chi connectivity index (χ0n) is 15.6. The summed E-state index contributed by atoms with van der Waals surface area (Å²) in [5.74, 6) is 0.474. The van der Waals surface area contributed by atoms with Gasteiger partial charge in [0.05, 0.1) is 24.8 Å². The number of rotatable bonds is 3. The molecule has 146 valence electrons. The highest BCUT2D eigenvalue weighted by Gasteiger charge is 2.33. The maximum Gasteiger partial charge on any atom is 0.308 e. The summed E-state index contributed by atoms with van der Waals surface area (Å²) in [6, 6.07) is -0.122. The van der Waals surface area contributed by atoms with E-state index in [2.05, 4.69) is 0 Å². The molecule has 0 spiro atoms. The number of methoxy groups -OCH3 is 1. The topological polar surface area (TPSA) is 81.5 Å². The number of aromatic nitrogens is 2. The Morgan fingerprint density at radius 1 is 1.22 bits per heavy atom. The van der Waals surface area contributed by atoms with Gasteiger partial charge in [-0.05, 0) is 38.5 Å². The van der Waals surface area contributed by atoms with Crippen LogP contribution in [-0.2, 0) is 27.2 Å². The van der Waals surface area contributed by atoms with Crippen LogP contribution >= 0.6 is 11.8 Å². The van der Waals surface area contributed by atoms with Gasteiger partial charge >= 0.3 is 5.97 Å². The molecule has 2 aliphatic heterocycles. The van der Waals surface area contributed by atoms with Crippen molar-refractivity contribution in [1.29, 1.82) is 0 Å². The molecule has 1 aromatic rings. The average molecular weight is 391 g/mol. The van der Waals surface area contributed by atoms with Crippen LogP contribution in [0.25, 0.3) is 0 Å². The molecule has 1 aliphatic carbocycles. The van der Waals surface area contributed by atoms with Crippen molar-refractivity contribution < 1.29 is 14.3 Å². The van der Waals surface area contributed by atoms with E-state index in [0.717, 1.165) is 47.8 Å². The third kappa shape index (κ3) is 3.51. The summed E-state index contributed by atoms with van der Waals surface area (Å²) in [5, 5.41) is 0.767. The number of amides is 1. The Kier molecular flexibility index (Phi) is 5.25. The quantitative estimate of drug-likeness (QED) is 0.575. The molecule has 0 N–H and O–H groups in total. The zero-order chi connectivity index (χ0) is 19.0. The molecule has 1 amide bonds. The lowest BCUT2D eigenvalue weighted by Crippen LogP contribution is -2.42. The van der Waals surface area contributed by atoms with Crippen molar-refractivity contribution in [1.82, 2.24) is 14.5 Å². The van der Waals surface area contributed by atoms with Gasteiger partial charge in [0.25, 0.3) is 5.56 Å². The Morgan fingerprint density at radius 3 is 2.70 bits per heavy atom. The second-order valence-electron chi connectivity index (χ2n) is 7.55. The Labute approximate surface area is 162 Å². The number of aryl methyl sites for hydroxylation is 1. The van der Waals surface area contributed by atoms with Crippen LogP contribution in [0.1, 0.15) is 49.4 Å².